The van der Waals surface area contributed by atoms with E-state index in [-0.39, 0.29) is 11.9 Å². The zero-order chi connectivity index (χ0) is 24.0. The quantitative estimate of drug-likeness (QED) is 0.473. The molecule has 5 rings (SSSR count). The maximum Gasteiger partial charge on any atom is 0.233 e. The lowest BCUT2D eigenvalue weighted by atomic mass is 10.0. The summed E-state index contributed by atoms with van der Waals surface area (Å²) >= 11 is 1.81. The molecule has 1 amide bonds. The zero-order valence-electron chi connectivity index (χ0n) is 20.2. The van der Waals surface area contributed by atoms with E-state index in [1.807, 2.05) is 40.9 Å². The van der Waals surface area contributed by atoms with Gasteiger partial charge >= 0.3 is 0 Å². The van der Waals surface area contributed by atoms with Gasteiger partial charge in [-0.15, -0.1) is 22.0 Å². The van der Waals surface area contributed by atoms with Gasteiger partial charge in [0.2, 0.25) is 17.7 Å². The number of likely N-dealkylation sites (tertiary alicyclic amines) is 1. The third kappa shape index (κ3) is 5.87. The molecule has 0 spiro atoms. The fraction of sp³-hybridized carbons (Fsp3) is 0.444. The van der Waals surface area contributed by atoms with E-state index < -0.39 is 0 Å². The average molecular weight is 493 g/mol. The van der Waals surface area contributed by atoms with Crippen molar-refractivity contribution in [2.24, 2.45) is 0 Å². The van der Waals surface area contributed by atoms with E-state index in [9.17, 15) is 4.79 Å². The van der Waals surface area contributed by atoms with Crippen LogP contribution >= 0.6 is 11.8 Å². The molecule has 1 aromatic heterocycles. The van der Waals surface area contributed by atoms with Crippen molar-refractivity contribution in [1.29, 1.82) is 0 Å². The number of aromatic nitrogens is 2. The third-order valence-corrected chi connectivity index (χ3v) is 7.89. The van der Waals surface area contributed by atoms with Crippen LogP contribution in [0.1, 0.15) is 54.6 Å². The number of carbonyl (C=O) groups excluding carboxylic acids is 1. The van der Waals surface area contributed by atoms with Crippen LogP contribution in [0, 0.1) is 0 Å². The number of ether oxygens (including phenoxy) is 1. The molecule has 0 N–H and O–H groups in total. The van der Waals surface area contributed by atoms with Crippen LogP contribution in [-0.4, -0.2) is 58.4 Å². The molecular formula is C27H32N4O3S. The number of nitrogens with zero attached hydrogens (tertiary/aromatic N) is 4. The Hall–Kier alpha value is -2.84. The second-order valence-electron chi connectivity index (χ2n) is 9.13. The Balaban J connectivity index is 1.21. The van der Waals surface area contributed by atoms with E-state index in [2.05, 4.69) is 39.4 Å². The lowest BCUT2D eigenvalue weighted by Gasteiger charge is -2.33. The van der Waals surface area contributed by atoms with E-state index in [1.54, 1.807) is 7.11 Å². The summed E-state index contributed by atoms with van der Waals surface area (Å²) in [5, 5.41) is 8.69. The van der Waals surface area contributed by atoms with Gasteiger partial charge in [-0.1, -0.05) is 36.8 Å². The number of piperidine rings is 1. The van der Waals surface area contributed by atoms with Crippen molar-refractivity contribution >= 4 is 17.7 Å². The number of hydrogen-bond donors (Lipinski definition) is 0. The molecule has 1 atom stereocenters. The summed E-state index contributed by atoms with van der Waals surface area (Å²) in [6, 6.07) is 16.4. The topological polar surface area (TPSA) is 71.7 Å². The highest BCUT2D eigenvalue weighted by Crippen LogP contribution is 2.32. The van der Waals surface area contributed by atoms with Crippen LogP contribution < -0.4 is 4.74 Å². The van der Waals surface area contributed by atoms with Crippen LogP contribution in [0.4, 0.5) is 0 Å². The Bertz CT molecular complexity index is 1140. The van der Waals surface area contributed by atoms with Crippen molar-refractivity contribution in [3.8, 4) is 5.75 Å². The van der Waals surface area contributed by atoms with Gasteiger partial charge in [-0.3, -0.25) is 9.69 Å². The summed E-state index contributed by atoms with van der Waals surface area (Å²) in [5.41, 5.74) is 2.32. The first kappa shape index (κ1) is 23.9. The molecule has 0 aliphatic carbocycles. The third-order valence-electron chi connectivity index (χ3n) is 6.79. The predicted octanol–water partition coefficient (Wildman–Crippen LogP) is 4.72. The Morgan fingerprint density at radius 2 is 2.03 bits per heavy atom. The number of fused-ring (bicyclic) bond motifs is 1. The normalized spacial score (nSPS) is 18.7. The van der Waals surface area contributed by atoms with E-state index in [0.717, 1.165) is 55.0 Å². The van der Waals surface area contributed by atoms with Gasteiger partial charge in [-0.25, -0.2) is 0 Å². The number of rotatable bonds is 7. The summed E-state index contributed by atoms with van der Waals surface area (Å²) in [6.45, 7) is 3.05. The van der Waals surface area contributed by atoms with E-state index in [0.29, 0.717) is 37.7 Å². The average Bonchev–Trinajstić information content (AvgIpc) is 3.25. The highest BCUT2D eigenvalue weighted by Gasteiger charge is 2.29. The molecule has 2 aliphatic rings. The van der Waals surface area contributed by atoms with Gasteiger partial charge in [0.15, 0.2) is 0 Å². The Morgan fingerprint density at radius 1 is 1.14 bits per heavy atom. The molecule has 8 heteroatoms. The summed E-state index contributed by atoms with van der Waals surface area (Å²) in [5.74, 6) is 3.25. The van der Waals surface area contributed by atoms with Crippen LogP contribution in [0.2, 0.25) is 0 Å². The first-order chi connectivity index (χ1) is 17.2. The fourth-order valence-electron chi connectivity index (χ4n) is 4.89. The number of carbonyl (C=O) groups is 1. The molecule has 0 unspecified atom stereocenters. The van der Waals surface area contributed by atoms with Gasteiger partial charge in [0.25, 0.3) is 0 Å². The zero-order valence-corrected chi connectivity index (χ0v) is 21.0. The second-order valence-corrected chi connectivity index (χ2v) is 10.3. The maximum absolute atomic E-state index is 13.2. The SMILES string of the molecule is COc1ccc2c(c1)CN(C(=O)CCN1CCCC[C@H]1c1nnc(Cc3ccccc3)o1)CCS2. The molecule has 35 heavy (non-hydrogen) atoms. The van der Waals surface area contributed by atoms with E-state index in [1.165, 1.54) is 4.90 Å². The number of benzene rings is 2. The van der Waals surface area contributed by atoms with E-state index in [4.69, 9.17) is 9.15 Å². The minimum atomic E-state index is 0.0817. The molecule has 2 aromatic carbocycles. The molecule has 1 saturated heterocycles. The lowest BCUT2D eigenvalue weighted by molar-refractivity contribution is -0.132. The predicted molar refractivity (Wildman–Crippen MR) is 135 cm³/mol. The number of methoxy groups -OCH3 is 1. The van der Waals surface area contributed by atoms with Crippen molar-refractivity contribution in [1.82, 2.24) is 20.0 Å². The Morgan fingerprint density at radius 3 is 2.89 bits per heavy atom. The van der Waals surface area contributed by atoms with Crippen LogP contribution in [0.5, 0.6) is 5.75 Å². The Labute approximate surface area is 210 Å². The first-order valence-corrected chi connectivity index (χ1v) is 13.4. The van der Waals surface area contributed by atoms with Gasteiger partial charge in [-0.05, 0) is 48.7 Å². The van der Waals surface area contributed by atoms with Crippen molar-refractivity contribution in [2.45, 2.75) is 49.6 Å². The maximum atomic E-state index is 13.2. The molecule has 184 valence electrons. The summed E-state index contributed by atoms with van der Waals surface area (Å²) < 4.78 is 11.5. The highest BCUT2D eigenvalue weighted by molar-refractivity contribution is 7.99. The standard InChI is InChI=1S/C27H32N4O3S/c1-33-22-10-11-24-21(18-22)19-31(15-16-35-24)26(32)12-14-30-13-6-5-9-23(30)27-29-28-25(34-27)17-20-7-3-2-4-8-20/h2-4,7-8,10-11,18,23H,5-6,9,12-17,19H2,1H3/t23-/m0/s1. The van der Waals surface area contributed by atoms with Crippen LogP contribution in [-0.2, 0) is 17.8 Å². The van der Waals surface area contributed by atoms with Crippen molar-refractivity contribution in [3.63, 3.8) is 0 Å². The largest absolute Gasteiger partial charge is 0.497 e. The van der Waals surface area contributed by atoms with Gasteiger partial charge in [-0.2, -0.15) is 0 Å². The molecule has 0 bridgehead atoms. The monoisotopic (exact) mass is 492 g/mol. The summed E-state index contributed by atoms with van der Waals surface area (Å²) in [7, 11) is 1.68. The number of thioether (sulfide) groups is 1. The smallest absolute Gasteiger partial charge is 0.233 e. The molecule has 0 radical (unpaired) electrons. The Kier molecular flexibility index (Phi) is 7.69. The summed E-state index contributed by atoms with van der Waals surface area (Å²) in [6.07, 6.45) is 4.37. The molecular weight excluding hydrogens is 460 g/mol. The molecule has 0 saturated carbocycles. The highest BCUT2D eigenvalue weighted by atomic mass is 32.2. The lowest BCUT2D eigenvalue weighted by Crippen LogP contribution is -2.38. The number of amides is 1. The minimum absolute atomic E-state index is 0.0817. The van der Waals surface area contributed by atoms with Gasteiger partial charge < -0.3 is 14.1 Å². The molecule has 7 nitrogen and oxygen atoms in total. The van der Waals surface area contributed by atoms with Crippen molar-refractivity contribution in [3.05, 3.63) is 71.4 Å². The second kappa shape index (κ2) is 11.3. The van der Waals surface area contributed by atoms with Crippen LogP contribution in [0.3, 0.4) is 0 Å². The first-order valence-electron chi connectivity index (χ1n) is 12.4. The molecule has 3 aromatic rings. The minimum Gasteiger partial charge on any atom is -0.497 e. The summed E-state index contributed by atoms with van der Waals surface area (Å²) in [4.78, 5) is 18.8. The fourth-order valence-corrected chi connectivity index (χ4v) is 5.89. The molecule has 2 aliphatic heterocycles. The van der Waals surface area contributed by atoms with Gasteiger partial charge in [0.1, 0.15) is 5.75 Å². The van der Waals surface area contributed by atoms with Crippen molar-refractivity contribution in [2.75, 3.05) is 32.5 Å². The molecule has 3 heterocycles. The number of hydrogen-bond acceptors (Lipinski definition) is 7. The van der Waals surface area contributed by atoms with Gasteiger partial charge in [0.05, 0.1) is 19.6 Å². The van der Waals surface area contributed by atoms with E-state index >= 15 is 0 Å². The van der Waals surface area contributed by atoms with Gasteiger partial charge in [0, 0.05) is 36.7 Å². The van der Waals surface area contributed by atoms with Crippen molar-refractivity contribution < 1.29 is 13.9 Å². The van der Waals surface area contributed by atoms with Crippen LogP contribution in [0.15, 0.2) is 57.8 Å². The molecule has 1 fully saturated rings. The van der Waals surface area contributed by atoms with Crippen LogP contribution in [0.25, 0.3) is 0 Å².